The fraction of sp³-hybridized carbons (Fsp3) is 0.435. The highest BCUT2D eigenvalue weighted by molar-refractivity contribution is 5.88. The molecule has 1 aromatic carbocycles. The van der Waals surface area contributed by atoms with Gasteiger partial charge < -0.3 is 29.8 Å². The first-order valence-electron chi connectivity index (χ1n) is 10.9. The van der Waals surface area contributed by atoms with E-state index in [1.165, 1.54) is 25.1 Å². The zero-order valence-electron chi connectivity index (χ0n) is 18.8. The van der Waals surface area contributed by atoms with Gasteiger partial charge in [0.15, 0.2) is 0 Å². The summed E-state index contributed by atoms with van der Waals surface area (Å²) >= 11 is 0. The minimum atomic E-state index is -0.426. The summed E-state index contributed by atoms with van der Waals surface area (Å²) in [4.78, 5) is 22.3. The third-order valence-corrected chi connectivity index (χ3v) is 6.18. The minimum absolute atomic E-state index is 0.0883. The molecular weight excluding hydrogens is 408 g/mol. The summed E-state index contributed by atoms with van der Waals surface area (Å²) in [5.74, 6) is 0.814. The van der Waals surface area contributed by atoms with E-state index in [9.17, 15) is 10.0 Å². The summed E-state index contributed by atoms with van der Waals surface area (Å²) in [7, 11) is 4.99. The zero-order valence-corrected chi connectivity index (χ0v) is 18.8. The quantitative estimate of drug-likeness (QED) is 0.425. The van der Waals surface area contributed by atoms with E-state index in [0.29, 0.717) is 17.4 Å². The number of aryl methyl sites for hydroxylation is 1. The lowest BCUT2D eigenvalue weighted by Gasteiger charge is -2.32. The molecule has 1 saturated heterocycles. The van der Waals surface area contributed by atoms with Gasteiger partial charge in [0, 0.05) is 68.3 Å². The van der Waals surface area contributed by atoms with E-state index < -0.39 is 5.97 Å². The first-order chi connectivity index (χ1) is 15.5. The maximum atomic E-state index is 11.8. The number of nitrogens with zero attached hydrogens (tertiary/aromatic N) is 4. The largest absolute Gasteiger partial charge is 0.629 e. The molecule has 0 spiro atoms. The van der Waals surface area contributed by atoms with Crippen LogP contribution < -0.4 is 15.3 Å². The van der Waals surface area contributed by atoms with Crippen LogP contribution in [0.5, 0.6) is 0 Å². The molecule has 0 saturated carbocycles. The first-order valence-corrected chi connectivity index (χ1v) is 10.9. The van der Waals surface area contributed by atoms with Crippen molar-refractivity contribution in [3.8, 4) is 0 Å². The SMILES string of the molecule is COC(=O)c1cnc(N2CCC(CNCc3cn(C)c4ccc([NH+](C)[O-])cc34)CC2)nc1. The number of rotatable bonds is 7. The molecular formula is C23H30N6O3. The zero-order chi connectivity index (χ0) is 22.7. The molecule has 2 aromatic heterocycles. The maximum absolute atomic E-state index is 11.8. The summed E-state index contributed by atoms with van der Waals surface area (Å²) < 4.78 is 6.80. The minimum Gasteiger partial charge on any atom is -0.629 e. The first kappa shape index (κ1) is 22.2. The Balaban J connectivity index is 1.29. The maximum Gasteiger partial charge on any atom is 0.341 e. The molecule has 2 N–H and O–H groups in total. The average molecular weight is 439 g/mol. The fourth-order valence-corrected chi connectivity index (χ4v) is 4.29. The molecule has 170 valence electrons. The Kier molecular flexibility index (Phi) is 6.69. The van der Waals surface area contributed by atoms with Crippen molar-refractivity contribution in [2.24, 2.45) is 13.0 Å². The Bertz CT molecular complexity index is 1070. The van der Waals surface area contributed by atoms with Crippen LogP contribution in [0, 0.1) is 11.1 Å². The number of aromatic nitrogens is 3. The molecule has 0 radical (unpaired) electrons. The van der Waals surface area contributed by atoms with E-state index in [1.807, 2.05) is 25.2 Å². The molecule has 1 unspecified atom stereocenters. The third kappa shape index (κ3) is 4.74. The molecule has 1 atom stereocenters. The number of fused-ring (bicyclic) bond motifs is 1. The molecule has 0 aliphatic carbocycles. The lowest BCUT2D eigenvalue weighted by atomic mass is 9.97. The second-order valence-corrected chi connectivity index (χ2v) is 8.38. The van der Waals surface area contributed by atoms with Crippen molar-refractivity contribution in [2.75, 3.05) is 38.7 Å². The number of carbonyl (C=O) groups excluding carboxylic acids is 1. The Morgan fingerprint density at radius 2 is 2.00 bits per heavy atom. The number of quaternary nitrogens is 1. The standard InChI is InChI=1S/C23H30N6O3/c1-27-15-18(20-10-19(28(2)31)4-5-21(20)27)12-24-11-16-6-8-29(9-7-16)23-25-13-17(14-26-23)22(30)32-3/h4-5,10,13-16,24,28H,6-9,11-12H2,1-3H3. The predicted molar refractivity (Wildman–Crippen MR) is 123 cm³/mol. The molecule has 3 aromatic rings. The van der Waals surface area contributed by atoms with E-state index >= 15 is 0 Å². The lowest BCUT2D eigenvalue weighted by molar-refractivity contribution is -0.751. The molecule has 1 fully saturated rings. The summed E-state index contributed by atoms with van der Waals surface area (Å²) in [6.07, 6.45) is 7.28. The van der Waals surface area contributed by atoms with Crippen molar-refractivity contribution in [3.05, 3.63) is 53.1 Å². The molecule has 32 heavy (non-hydrogen) atoms. The second-order valence-electron chi connectivity index (χ2n) is 8.38. The van der Waals surface area contributed by atoms with E-state index in [-0.39, 0.29) is 5.06 Å². The number of anilines is 1. The van der Waals surface area contributed by atoms with Crippen molar-refractivity contribution in [3.63, 3.8) is 0 Å². The second kappa shape index (κ2) is 9.64. The number of esters is 1. The van der Waals surface area contributed by atoms with Gasteiger partial charge in [-0.3, -0.25) is 0 Å². The van der Waals surface area contributed by atoms with Crippen LogP contribution in [0.15, 0.2) is 36.8 Å². The van der Waals surface area contributed by atoms with Gasteiger partial charge >= 0.3 is 5.97 Å². The highest BCUT2D eigenvalue weighted by Crippen LogP contribution is 2.24. The van der Waals surface area contributed by atoms with Gasteiger partial charge in [-0.2, -0.15) is 0 Å². The van der Waals surface area contributed by atoms with E-state index in [0.717, 1.165) is 55.6 Å². The fourth-order valence-electron chi connectivity index (χ4n) is 4.29. The molecule has 9 heteroatoms. The number of methoxy groups -OCH3 is 1. The average Bonchev–Trinajstić information content (AvgIpc) is 3.14. The topological polar surface area (TPSA) is 99.8 Å². The Morgan fingerprint density at radius 1 is 1.28 bits per heavy atom. The lowest BCUT2D eigenvalue weighted by Crippen LogP contribution is -2.98. The van der Waals surface area contributed by atoms with Gasteiger partial charge in [-0.25, -0.2) is 14.8 Å². The van der Waals surface area contributed by atoms with Gasteiger partial charge in [0.2, 0.25) is 5.95 Å². The van der Waals surface area contributed by atoms with Crippen molar-refractivity contribution in [1.29, 1.82) is 0 Å². The van der Waals surface area contributed by atoms with Crippen molar-refractivity contribution >= 4 is 28.5 Å². The highest BCUT2D eigenvalue weighted by Gasteiger charge is 2.21. The van der Waals surface area contributed by atoms with Gasteiger partial charge in [-0.15, -0.1) is 0 Å². The van der Waals surface area contributed by atoms with Gasteiger partial charge in [0.05, 0.1) is 19.7 Å². The molecule has 1 aliphatic rings. The number of carbonyl (C=O) groups is 1. The molecule has 9 nitrogen and oxygen atoms in total. The normalized spacial score (nSPS) is 15.8. The Labute approximate surface area is 187 Å². The molecule has 1 aliphatic heterocycles. The van der Waals surface area contributed by atoms with Crippen molar-refractivity contribution < 1.29 is 14.6 Å². The number of piperidine rings is 1. The summed E-state index contributed by atoms with van der Waals surface area (Å²) in [6.45, 7) is 3.50. The van der Waals surface area contributed by atoms with Gasteiger partial charge in [-0.1, -0.05) is 0 Å². The summed E-state index contributed by atoms with van der Waals surface area (Å²) in [5, 5.41) is 16.6. The van der Waals surface area contributed by atoms with Gasteiger partial charge in [0.1, 0.15) is 5.69 Å². The van der Waals surface area contributed by atoms with Crippen LogP contribution in [0.25, 0.3) is 10.9 Å². The number of hydroxylamine groups is 1. The van der Waals surface area contributed by atoms with Crippen molar-refractivity contribution in [1.82, 2.24) is 19.9 Å². The molecule has 3 heterocycles. The predicted octanol–water partition coefficient (Wildman–Crippen LogP) is 1.41. The van der Waals surface area contributed by atoms with E-state index in [2.05, 4.69) is 30.9 Å². The number of hydrogen-bond acceptors (Lipinski definition) is 7. The molecule has 0 amide bonds. The molecule has 4 rings (SSSR count). The Morgan fingerprint density at radius 3 is 2.66 bits per heavy atom. The van der Waals surface area contributed by atoms with Crippen LogP contribution in [0.3, 0.4) is 0 Å². The molecule has 0 bridgehead atoms. The van der Waals surface area contributed by atoms with Crippen LogP contribution in [0.2, 0.25) is 0 Å². The highest BCUT2D eigenvalue weighted by atomic mass is 16.5. The number of nitrogens with one attached hydrogen (secondary N) is 2. The van der Waals surface area contributed by atoms with Crippen LogP contribution in [-0.4, -0.2) is 54.3 Å². The Hall–Kier alpha value is -3.01. The van der Waals surface area contributed by atoms with Crippen LogP contribution in [0.1, 0.15) is 28.8 Å². The van der Waals surface area contributed by atoms with Crippen molar-refractivity contribution in [2.45, 2.75) is 19.4 Å². The summed E-state index contributed by atoms with van der Waals surface area (Å²) in [5.41, 5.74) is 3.46. The number of ether oxygens (including phenoxy) is 1. The number of hydrogen-bond donors (Lipinski definition) is 2. The van der Waals surface area contributed by atoms with Crippen LogP contribution in [0.4, 0.5) is 11.6 Å². The summed E-state index contributed by atoms with van der Waals surface area (Å²) in [6, 6.07) is 5.91. The van der Waals surface area contributed by atoms with E-state index in [1.54, 1.807) is 7.05 Å². The van der Waals surface area contributed by atoms with Crippen LogP contribution in [-0.2, 0) is 18.3 Å². The van der Waals surface area contributed by atoms with Gasteiger partial charge in [-0.05, 0) is 36.9 Å². The smallest absolute Gasteiger partial charge is 0.341 e. The third-order valence-electron chi connectivity index (χ3n) is 6.18. The van der Waals surface area contributed by atoms with Crippen LogP contribution >= 0.6 is 0 Å². The monoisotopic (exact) mass is 438 g/mol. The number of benzene rings is 1. The van der Waals surface area contributed by atoms with Gasteiger partial charge in [0.25, 0.3) is 0 Å². The van der Waals surface area contributed by atoms with E-state index in [4.69, 9.17) is 4.74 Å².